The lowest BCUT2D eigenvalue weighted by Gasteiger charge is -2.29. The highest BCUT2D eigenvalue weighted by Crippen LogP contribution is 2.32. The Hall–Kier alpha value is -2.70. The van der Waals surface area contributed by atoms with Crippen molar-refractivity contribution in [3.63, 3.8) is 0 Å². The Labute approximate surface area is 156 Å². The van der Waals surface area contributed by atoms with Crippen molar-refractivity contribution in [2.24, 2.45) is 0 Å². The summed E-state index contributed by atoms with van der Waals surface area (Å²) in [4.78, 5) is 52.4. The summed E-state index contributed by atoms with van der Waals surface area (Å²) in [5.74, 6) is -2.05. The van der Waals surface area contributed by atoms with E-state index >= 15 is 0 Å². The number of amides is 3. The van der Waals surface area contributed by atoms with Crippen LogP contribution in [0.2, 0.25) is 0 Å². The Bertz CT molecular complexity index is 828. The molecule has 1 N–H and O–H groups in total. The number of imide groups is 1. The predicted octanol–water partition coefficient (Wildman–Crippen LogP) is 2.30. The van der Waals surface area contributed by atoms with Crippen molar-refractivity contribution in [1.29, 1.82) is 0 Å². The second-order valence-corrected chi connectivity index (χ2v) is 7.53. The fourth-order valence-electron chi connectivity index (χ4n) is 4.50. The number of benzene rings is 1. The van der Waals surface area contributed by atoms with Crippen molar-refractivity contribution in [3.05, 3.63) is 34.9 Å². The molecule has 1 saturated heterocycles. The summed E-state index contributed by atoms with van der Waals surface area (Å²) in [6.07, 6.45) is 5.86. The van der Waals surface area contributed by atoms with Gasteiger partial charge >= 0.3 is 5.97 Å². The van der Waals surface area contributed by atoms with E-state index in [1.165, 1.54) is 28.0 Å². The average molecular weight is 370 g/mol. The van der Waals surface area contributed by atoms with Crippen LogP contribution in [0, 0.1) is 0 Å². The van der Waals surface area contributed by atoms with E-state index in [1.807, 2.05) is 0 Å². The molecule has 2 heterocycles. The number of carboxylic acid groups (broad SMARTS) is 1. The van der Waals surface area contributed by atoms with Crippen LogP contribution in [0.3, 0.4) is 0 Å². The van der Waals surface area contributed by atoms with E-state index < -0.39 is 17.9 Å². The van der Waals surface area contributed by atoms with Crippen molar-refractivity contribution in [2.45, 2.75) is 57.0 Å². The topological polar surface area (TPSA) is 95.0 Å². The van der Waals surface area contributed by atoms with Gasteiger partial charge in [-0.25, -0.2) is 4.79 Å². The van der Waals surface area contributed by atoms with Crippen molar-refractivity contribution < 1.29 is 24.3 Å². The van der Waals surface area contributed by atoms with Crippen molar-refractivity contribution in [3.8, 4) is 0 Å². The highest BCUT2D eigenvalue weighted by molar-refractivity contribution is 6.22. The number of hydrogen-bond donors (Lipinski definition) is 1. The number of fused-ring (bicyclic) bond motifs is 1. The second kappa shape index (κ2) is 6.79. The number of carboxylic acids is 1. The Morgan fingerprint density at radius 3 is 2.33 bits per heavy atom. The number of nitrogens with zero attached hydrogens (tertiary/aromatic N) is 2. The number of hydrogen-bond acceptors (Lipinski definition) is 4. The van der Waals surface area contributed by atoms with Gasteiger partial charge in [0, 0.05) is 18.2 Å². The molecule has 0 bridgehead atoms. The monoisotopic (exact) mass is 370 g/mol. The first kappa shape index (κ1) is 17.7. The molecule has 142 valence electrons. The van der Waals surface area contributed by atoms with Gasteiger partial charge in [0.05, 0.1) is 11.1 Å². The lowest BCUT2D eigenvalue weighted by molar-refractivity contribution is -0.141. The Morgan fingerprint density at radius 1 is 0.926 bits per heavy atom. The van der Waals surface area contributed by atoms with Crippen molar-refractivity contribution in [2.75, 3.05) is 6.54 Å². The van der Waals surface area contributed by atoms with E-state index in [-0.39, 0.29) is 29.0 Å². The van der Waals surface area contributed by atoms with E-state index in [9.17, 15) is 24.3 Å². The SMILES string of the molecule is O=C(O)[C@@H]1CCCN1C(=O)c1ccc2c(c1)C(=O)N(C1CCCCC1)C2=O. The summed E-state index contributed by atoms with van der Waals surface area (Å²) < 4.78 is 0. The normalized spacial score (nSPS) is 23.0. The zero-order chi connectivity index (χ0) is 19.1. The standard InChI is InChI=1S/C20H22N2O5/c23-17(21-10-4-7-16(21)20(26)27)12-8-9-14-15(11-12)19(25)22(18(14)24)13-5-2-1-3-6-13/h8-9,11,13,16H,1-7,10H2,(H,26,27)/t16-/m0/s1. The molecule has 0 aromatic heterocycles. The van der Waals surface area contributed by atoms with E-state index in [2.05, 4.69) is 0 Å². The molecular weight excluding hydrogens is 348 g/mol. The molecule has 1 atom stereocenters. The van der Waals surface area contributed by atoms with Crippen LogP contribution < -0.4 is 0 Å². The van der Waals surface area contributed by atoms with Crippen molar-refractivity contribution in [1.82, 2.24) is 9.80 Å². The molecule has 27 heavy (non-hydrogen) atoms. The molecule has 1 saturated carbocycles. The average Bonchev–Trinajstić information content (AvgIpc) is 3.26. The minimum atomic E-state index is -1.02. The second-order valence-electron chi connectivity index (χ2n) is 7.53. The number of likely N-dealkylation sites (tertiary alicyclic amines) is 1. The molecule has 0 radical (unpaired) electrons. The first-order valence-electron chi connectivity index (χ1n) is 9.55. The van der Waals surface area contributed by atoms with Gasteiger partial charge < -0.3 is 10.0 Å². The molecule has 3 amide bonds. The highest BCUT2D eigenvalue weighted by Gasteiger charge is 2.41. The molecule has 3 aliphatic rings. The first-order chi connectivity index (χ1) is 13.0. The highest BCUT2D eigenvalue weighted by atomic mass is 16.4. The van der Waals surface area contributed by atoms with Gasteiger partial charge in [-0.3, -0.25) is 19.3 Å². The van der Waals surface area contributed by atoms with Crippen LogP contribution in [0.4, 0.5) is 0 Å². The number of carbonyl (C=O) groups is 4. The minimum absolute atomic E-state index is 0.0692. The fourth-order valence-corrected chi connectivity index (χ4v) is 4.50. The van der Waals surface area contributed by atoms with Gasteiger partial charge in [0.15, 0.2) is 0 Å². The van der Waals surface area contributed by atoms with Crippen LogP contribution in [0.5, 0.6) is 0 Å². The van der Waals surface area contributed by atoms with E-state index in [4.69, 9.17) is 0 Å². The largest absolute Gasteiger partial charge is 0.480 e. The lowest BCUT2D eigenvalue weighted by Crippen LogP contribution is -2.41. The van der Waals surface area contributed by atoms with Crippen LogP contribution in [0.1, 0.15) is 76.0 Å². The summed E-state index contributed by atoms with van der Waals surface area (Å²) in [5.41, 5.74) is 0.842. The molecule has 7 nitrogen and oxygen atoms in total. The summed E-state index contributed by atoms with van der Waals surface area (Å²) in [7, 11) is 0. The summed E-state index contributed by atoms with van der Waals surface area (Å²) >= 11 is 0. The molecule has 1 aliphatic carbocycles. The molecule has 0 spiro atoms. The maximum Gasteiger partial charge on any atom is 0.326 e. The zero-order valence-electron chi connectivity index (χ0n) is 15.0. The van der Waals surface area contributed by atoms with Crippen LogP contribution in [0.25, 0.3) is 0 Å². The number of rotatable bonds is 3. The van der Waals surface area contributed by atoms with E-state index in [0.717, 1.165) is 32.1 Å². The molecule has 7 heteroatoms. The fraction of sp³-hybridized carbons (Fsp3) is 0.500. The zero-order valence-corrected chi connectivity index (χ0v) is 15.0. The summed E-state index contributed by atoms with van der Waals surface area (Å²) in [5, 5.41) is 9.29. The third-order valence-electron chi connectivity index (χ3n) is 5.90. The number of carbonyl (C=O) groups excluding carboxylic acids is 3. The smallest absolute Gasteiger partial charge is 0.326 e. The maximum absolute atomic E-state index is 12.9. The third-order valence-corrected chi connectivity index (χ3v) is 5.90. The third kappa shape index (κ3) is 2.91. The molecule has 0 unspecified atom stereocenters. The number of aliphatic carboxylic acids is 1. The van der Waals surface area contributed by atoms with Gasteiger partial charge in [0.1, 0.15) is 6.04 Å². The molecule has 2 aliphatic heterocycles. The Morgan fingerprint density at radius 2 is 1.63 bits per heavy atom. The Balaban J connectivity index is 1.61. The minimum Gasteiger partial charge on any atom is -0.480 e. The lowest BCUT2D eigenvalue weighted by atomic mass is 9.94. The molecule has 1 aromatic rings. The summed E-state index contributed by atoms with van der Waals surface area (Å²) in [6, 6.07) is 3.60. The van der Waals surface area contributed by atoms with Gasteiger partial charge in [-0.15, -0.1) is 0 Å². The molecule has 1 aromatic carbocycles. The molecular formula is C20H22N2O5. The Kier molecular flexibility index (Phi) is 4.45. The van der Waals surface area contributed by atoms with Gasteiger partial charge in [0.2, 0.25) is 0 Å². The van der Waals surface area contributed by atoms with E-state index in [1.54, 1.807) is 0 Å². The molecule has 2 fully saturated rings. The van der Waals surface area contributed by atoms with Crippen LogP contribution in [-0.2, 0) is 4.79 Å². The first-order valence-corrected chi connectivity index (χ1v) is 9.55. The molecule has 4 rings (SSSR count). The van der Waals surface area contributed by atoms with E-state index in [0.29, 0.717) is 24.9 Å². The predicted molar refractivity (Wildman–Crippen MR) is 95.5 cm³/mol. The van der Waals surface area contributed by atoms with Gasteiger partial charge in [-0.2, -0.15) is 0 Å². The van der Waals surface area contributed by atoms with Gasteiger partial charge in [-0.05, 0) is 43.9 Å². The van der Waals surface area contributed by atoms with Gasteiger partial charge in [-0.1, -0.05) is 19.3 Å². The van der Waals surface area contributed by atoms with Crippen LogP contribution >= 0.6 is 0 Å². The summed E-state index contributed by atoms with van der Waals surface area (Å²) in [6.45, 7) is 0.383. The van der Waals surface area contributed by atoms with Crippen LogP contribution in [-0.4, -0.2) is 57.2 Å². The van der Waals surface area contributed by atoms with Gasteiger partial charge in [0.25, 0.3) is 17.7 Å². The maximum atomic E-state index is 12.9. The van der Waals surface area contributed by atoms with Crippen molar-refractivity contribution >= 4 is 23.7 Å². The quantitative estimate of drug-likeness (QED) is 0.824. The van der Waals surface area contributed by atoms with Crippen LogP contribution in [0.15, 0.2) is 18.2 Å².